The van der Waals surface area contributed by atoms with Crippen molar-refractivity contribution >= 4 is 49.2 Å². The minimum Gasteiger partial charge on any atom is -0.383 e. The molecule has 0 saturated heterocycles. The van der Waals surface area contributed by atoms with Gasteiger partial charge in [-0.05, 0) is 53.0 Å². The average molecular weight is 372 g/mol. The van der Waals surface area contributed by atoms with E-state index in [1.54, 1.807) is 0 Å². The molecule has 0 atom stereocenters. The third-order valence-corrected chi connectivity index (χ3v) is 3.80. The molecule has 0 aliphatic carbocycles. The van der Waals surface area contributed by atoms with Crippen molar-refractivity contribution in [3.63, 3.8) is 0 Å². The molecule has 0 radical (unpaired) electrons. The first kappa shape index (κ1) is 13.3. The lowest BCUT2D eigenvalue weighted by atomic mass is 10.1. The highest BCUT2D eigenvalue weighted by atomic mass is 79.9. The number of nitrogen functional groups attached to an aromatic ring is 1. The minimum absolute atomic E-state index is 0.417. The highest BCUT2D eigenvalue weighted by Crippen LogP contribution is 2.31. The zero-order valence-electron chi connectivity index (χ0n) is 9.96. The van der Waals surface area contributed by atoms with Crippen LogP contribution in [0.5, 0.6) is 0 Å². The van der Waals surface area contributed by atoms with Crippen LogP contribution in [0.15, 0.2) is 27.4 Å². The van der Waals surface area contributed by atoms with Crippen molar-refractivity contribution in [2.45, 2.75) is 13.8 Å². The molecule has 0 unspecified atom stereocenters. The van der Waals surface area contributed by atoms with E-state index in [-0.39, 0.29) is 0 Å². The smallest absolute Gasteiger partial charge is 0.150 e. The second-order valence-corrected chi connectivity index (χ2v) is 5.67. The molecule has 0 amide bonds. The van der Waals surface area contributed by atoms with Crippen LogP contribution >= 0.6 is 31.9 Å². The number of hydrogen-bond acceptors (Lipinski definition) is 4. The Morgan fingerprint density at radius 3 is 2.33 bits per heavy atom. The predicted molar refractivity (Wildman–Crippen MR) is 81.0 cm³/mol. The van der Waals surface area contributed by atoms with Crippen molar-refractivity contribution < 1.29 is 0 Å². The van der Waals surface area contributed by atoms with E-state index in [9.17, 15) is 0 Å². The first-order chi connectivity index (χ1) is 8.49. The fourth-order valence-corrected chi connectivity index (χ4v) is 2.69. The van der Waals surface area contributed by atoms with E-state index in [1.165, 1.54) is 6.33 Å². The SMILES string of the molecule is Cc1cc(Br)cc(C)c1Nc1ncnc(N)c1Br. The maximum atomic E-state index is 5.73. The molecular weight excluding hydrogens is 360 g/mol. The Morgan fingerprint density at radius 2 is 1.72 bits per heavy atom. The molecule has 1 aromatic carbocycles. The molecule has 2 rings (SSSR count). The summed E-state index contributed by atoms with van der Waals surface area (Å²) in [5.74, 6) is 1.08. The Kier molecular flexibility index (Phi) is 3.87. The second-order valence-electron chi connectivity index (χ2n) is 3.96. The van der Waals surface area contributed by atoms with Gasteiger partial charge in [-0.2, -0.15) is 0 Å². The van der Waals surface area contributed by atoms with Crippen molar-refractivity contribution in [3.8, 4) is 0 Å². The molecular formula is C12H12Br2N4. The first-order valence-corrected chi connectivity index (χ1v) is 6.87. The number of aromatic nitrogens is 2. The largest absolute Gasteiger partial charge is 0.383 e. The molecule has 0 bridgehead atoms. The lowest BCUT2D eigenvalue weighted by Gasteiger charge is -2.14. The van der Waals surface area contributed by atoms with E-state index < -0.39 is 0 Å². The zero-order chi connectivity index (χ0) is 13.3. The van der Waals surface area contributed by atoms with E-state index in [1.807, 2.05) is 26.0 Å². The van der Waals surface area contributed by atoms with Crippen LogP contribution in [-0.2, 0) is 0 Å². The van der Waals surface area contributed by atoms with Crippen LogP contribution in [-0.4, -0.2) is 9.97 Å². The summed E-state index contributed by atoms with van der Waals surface area (Å²) in [5, 5.41) is 3.28. The van der Waals surface area contributed by atoms with Gasteiger partial charge in [-0.25, -0.2) is 9.97 Å². The first-order valence-electron chi connectivity index (χ1n) is 5.28. The van der Waals surface area contributed by atoms with Gasteiger partial charge in [0.1, 0.15) is 22.4 Å². The molecule has 0 saturated carbocycles. The van der Waals surface area contributed by atoms with E-state index in [0.29, 0.717) is 16.1 Å². The number of rotatable bonds is 2. The third-order valence-electron chi connectivity index (χ3n) is 2.56. The third kappa shape index (κ3) is 2.64. The lowest BCUT2D eigenvalue weighted by Crippen LogP contribution is -2.02. The Balaban J connectivity index is 2.43. The summed E-state index contributed by atoms with van der Waals surface area (Å²) in [6.07, 6.45) is 1.44. The van der Waals surface area contributed by atoms with E-state index in [4.69, 9.17) is 5.73 Å². The van der Waals surface area contributed by atoms with Crippen LogP contribution in [0.2, 0.25) is 0 Å². The number of nitrogens with zero attached hydrogens (tertiary/aromatic N) is 2. The molecule has 94 valence electrons. The molecule has 0 aliphatic rings. The Hall–Kier alpha value is -1.14. The van der Waals surface area contributed by atoms with Gasteiger partial charge >= 0.3 is 0 Å². The summed E-state index contributed by atoms with van der Waals surface area (Å²) in [6.45, 7) is 4.08. The minimum atomic E-state index is 0.417. The monoisotopic (exact) mass is 370 g/mol. The normalized spacial score (nSPS) is 10.4. The van der Waals surface area contributed by atoms with Gasteiger partial charge in [-0.1, -0.05) is 15.9 Å². The Morgan fingerprint density at radius 1 is 1.11 bits per heavy atom. The van der Waals surface area contributed by atoms with Gasteiger partial charge < -0.3 is 11.1 Å². The molecule has 18 heavy (non-hydrogen) atoms. The molecule has 0 fully saturated rings. The fraction of sp³-hybridized carbons (Fsp3) is 0.167. The van der Waals surface area contributed by atoms with Crippen molar-refractivity contribution in [2.75, 3.05) is 11.1 Å². The molecule has 1 heterocycles. The highest BCUT2D eigenvalue weighted by Gasteiger charge is 2.10. The molecule has 1 aromatic heterocycles. The summed E-state index contributed by atoms with van der Waals surface area (Å²) >= 11 is 6.86. The van der Waals surface area contributed by atoms with Gasteiger partial charge in [0.15, 0.2) is 0 Å². The lowest BCUT2D eigenvalue weighted by molar-refractivity contribution is 1.16. The number of hydrogen-bond donors (Lipinski definition) is 2. The Bertz CT molecular complexity index is 576. The summed E-state index contributed by atoms with van der Waals surface area (Å²) in [6, 6.07) is 4.10. The van der Waals surface area contributed by atoms with Crippen LogP contribution < -0.4 is 11.1 Å². The van der Waals surface area contributed by atoms with Crippen LogP contribution in [0, 0.1) is 13.8 Å². The van der Waals surface area contributed by atoms with Crippen LogP contribution in [0.4, 0.5) is 17.3 Å². The van der Waals surface area contributed by atoms with E-state index in [0.717, 1.165) is 21.3 Å². The number of anilines is 3. The highest BCUT2D eigenvalue weighted by molar-refractivity contribution is 9.11. The van der Waals surface area contributed by atoms with Gasteiger partial charge in [0.25, 0.3) is 0 Å². The molecule has 2 aromatic rings. The standard InChI is InChI=1S/C12H12Br2N4/c1-6-3-8(13)4-7(2)10(6)18-12-9(14)11(15)16-5-17-12/h3-5H,1-2H3,(H3,15,16,17,18). The maximum Gasteiger partial charge on any atom is 0.150 e. The van der Waals surface area contributed by atoms with Gasteiger partial charge in [0, 0.05) is 10.2 Å². The number of nitrogens with two attached hydrogens (primary N) is 1. The zero-order valence-corrected chi connectivity index (χ0v) is 13.1. The van der Waals surface area contributed by atoms with Crippen molar-refractivity contribution in [1.29, 1.82) is 0 Å². The number of nitrogens with one attached hydrogen (secondary N) is 1. The van der Waals surface area contributed by atoms with Crippen molar-refractivity contribution in [3.05, 3.63) is 38.5 Å². The quantitative estimate of drug-likeness (QED) is 0.838. The molecule has 4 nitrogen and oxygen atoms in total. The molecule has 0 spiro atoms. The fourth-order valence-electron chi connectivity index (χ4n) is 1.70. The number of aryl methyl sites for hydroxylation is 2. The molecule has 0 aliphatic heterocycles. The van der Waals surface area contributed by atoms with Crippen LogP contribution in [0.1, 0.15) is 11.1 Å². The Labute approximate surface area is 122 Å². The van der Waals surface area contributed by atoms with Crippen molar-refractivity contribution in [1.82, 2.24) is 9.97 Å². The average Bonchev–Trinajstić information content (AvgIpc) is 2.28. The predicted octanol–water partition coefficient (Wildman–Crippen LogP) is 3.94. The van der Waals surface area contributed by atoms with Crippen molar-refractivity contribution in [2.24, 2.45) is 0 Å². The molecule has 6 heteroatoms. The number of halogens is 2. The van der Waals surface area contributed by atoms with Gasteiger partial charge in [-0.3, -0.25) is 0 Å². The van der Waals surface area contributed by atoms with Gasteiger partial charge in [0.2, 0.25) is 0 Å². The van der Waals surface area contributed by atoms with E-state index >= 15 is 0 Å². The summed E-state index contributed by atoms with van der Waals surface area (Å²) in [5.41, 5.74) is 9.02. The summed E-state index contributed by atoms with van der Waals surface area (Å²) in [4.78, 5) is 8.09. The summed E-state index contributed by atoms with van der Waals surface area (Å²) in [7, 11) is 0. The molecule has 3 N–H and O–H groups in total. The van der Waals surface area contributed by atoms with Crippen LogP contribution in [0.3, 0.4) is 0 Å². The topological polar surface area (TPSA) is 63.8 Å². The number of benzene rings is 1. The van der Waals surface area contributed by atoms with Crippen LogP contribution in [0.25, 0.3) is 0 Å². The maximum absolute atomic E-state index is 5.73. The second kappa shape index (κ2) is 5.24. The summed E-state index contributed by atoms with van der Waals surface area (Å²) < 4.78 is 1.73. The van der Waals surface area contributed by atoms with E-state index in [2.05, 4.69) is 47.1 Å². The van der Waals surface area contributed by atoms with Gasteiger partial charge in [0.05, 0.1) is 0 Å². The van der Waals surface area contributed by atoms with Gasteiger partial charge in [-0.15, -0.1) is 0 Å².